The van der Waals surface area contributed by atoms with Gasteiger partial charge in [0, 0.05) is 37.8 Å². The molecule has 206 valence electrons. The van der Waals surface area contributed by atoms with Crippen molar-refractivity contribution in [1.82, 2.24) is 14.2 Å². The van der Waals surface area contributed by atoms with Crippen molar-refractivity contribution < 1.29 is 22.0 Å². The normalized spacial score (nSPS) is 15.0. The smallest absolute Gasteiger partial charge is 0.260 e. The molecule has 0 spiro atoms. The molecule has 1 amide bonds. The van der Waals surface area contributed by atoms with Crippen LogP contribution in [0.3, 0.4) is 0 Å². The summed E-state index contributed by atoms with van der Waals surface area (Å²) in [6.45, 7) is 6.47. The van der Waals surface area contributed by atoms with E-state index in [4.69, 9.17) is 0 Å². The lowest BCUT2D eigenvalue weighted by Crippen LogP contribution is -2.39. The molecular formula is C27H34F2N4O3S2. The van der Waals surface area contributed by atoms with Crippen LogP contribution in [0, 0.1) is 11.6 Å². The molecule has 1 fully saturated rings. The predicted molar refractivity (Wildman–Crippen MR) is 147 cm³/mol. The fourth-order valence-electron chi connectivity index (χ4n) is 4.86. The van der Waals surface area contributed by atoms with Crippen molar-refractivity contribution in [2.24, 2.45) is 0 Å². The van der Waals surface area contributed by atoms with E-state index in [1.165, 1.54) is 39.5 Å². The van der Waals surface area contributed by atoms with Crippen LogP contribution < -0.4 is 4.90 Å². The SMILES string of the molecule is CCN(CC)CCN(C(=O)c1ccc(S(=O)(=O)N(C)C2CCCCC2)cc1)c1nc2c(F)cc(F)cc2s1. The highest BCUT2D eigenvalue weighted by molar-refractivity contribution is 7.89. The molecule has 0 saturated heterocycles. The Bertz CT molecular complexity index is 1370. The van der Waals surface area contributed by atoms with E-state index in [2.05, 4.69) is 9.88 Å². The first-order valence-electron chi connectivity index (χ1n) is 13.0. The molecule has 0 bridgehead atoms. The third kappa shape index (κ3) is 6.06. The molecule has 3 aromatic rings. The summed E-state index contributed by atoms with van der Waals surface area (Å²) in [4.78, 5) is 21.7. The van der Waals surface area contributed by atoms with Gasteiger partial charge >= 0.3 is 0 Å². The summed E-state index contributed by atoms with van der Waals surface area (Å²) in [5.41, 5.74) is 0.300. The van der Waals surface area contributed by atoms with E-state index in [-0.39, 0.29) is 39.6 Å². The first-order valence-corrected chi connectivity index (χ1v) is 15.3. The maximum atomic E-state index is 14.4. The van der Waals surface area contributed by atoms with Gasteiger partial charge in [-0.2, -0.15) is 4.31 Å². The molecule has 4 rings (SSSR count). The Balaban J connectivity index is 1.62. The number of halogens is 2. The molecule has 2 aromatic carbocycles. The first kappa shape index (κ1) is 28.5. The number of aromatic nitrogens is 1. The number of hydrogen-bond donors (Lipinski definition) is 0. The maximum Gasteiger partial charge on any atom is 0.260 e. The highest BCUT2D eigenvalue weighted by Gasteiger charge is 2.30. The largest absolute Gasteiger partial charge is 0.302 e. The summed E-state index contributed by atoms with van der Waals surface area (Å²) in [6, 6.07) is 7.88. The van der Waals surface area contributed by atoms with E-state index >= 15 is 0 Å². The van der Waals surface area contributed by atoms with Crippen LogP contribution in [0.25, 0.3) is 10.2 Å². The van der Waals surface area contributed by atoms with Gasteiger partial charge in [0.1, 0.15) is 11.3 Å². The summed E-state index contributed by atoms with van der Waals surface area (Å²) in [7, 11) is -2.07. The van der Waals surface area contributed by atoms with Crippen LogP contribution in [-0.4, -0.2) is 67.8 Å². The van der Waals surface area contributed by atoms with Gasteiger partial charge in [-0.15, -0.1) is 0 Å². The third-order valence-corrected chi connectivity index (χ3v) is 10.2. The standard InChI is InChI=1S/C27H34F2N4O3S2/c1-4-32(5-2)15-16-33(27-30-25-23(29)17-20(28)18-24(25)37-27)26(34)19-11-13-22(14-12-19)38(35,36)31(3)21-9-7-6-8-10-21/h11-14,17-18,21H,4-10,15-16H2,1-3H3. The summed E-state index contributed by atoms with van der Waals surface area (Å²) < 4.78 is 56.3. The topological polar surface area (TPSA) is 73.8 Å². The number of hydrogen-bond acceptors (Lipinski definition) is 6. The minimum Gasteiger partial charge on any atom is -0.302 e. The third-order valence-electron chi connectivity index (χ3n) is 7.28. The van der Waals surface area contributed by atoms with Crippen LogP contribution in [0.4, 0.5) is 13.9 Å². The number of nitrogens with zero attached hydrogens (tertiary/aromatic N) is 4. The molecule has 0 atom stereocenters. The summed E-state index contributed by atoms with van der Waals surface area (Å²) >= 11 is 1.04. The van der Waals surface area contributed by atoms with Crippen molar-refractivity contribution in [2.45, 2.75) is 56.9 Å². The Morgan fingerprint density at radius 3 is 2.32 bits per heavy atom. The summed E-state index contributed by atoms with van der Waals surface area (Å²) in [6.07, 6.45) is 4.86. The summed E-state index contributed by atoms with van der Waals surface area (Å²) in [5, 5.41) is 0.260. The molecule has 1 aliphatic carbocycles. The van der Waals surface area contributed by atoms with Gasteiger partial charge in [-0.1, -0.05) is 44.4 Å². The van der Waals surface area contributed by atoms with Gasteiger partial charge in [0.2, 0.25) is 10.0 Å². The van der Waals surface area contributed by atoms with Crippen molar-refractivity contribution in [3.63, 3.8) is 0 Å². The predicted octanol–water partition coefficient (Wildman–Crippen LogP) is 5.52. The molecule has 38 heavy (non-hydrogen) atoms. The quantitative estimate of drug-likeness (QED) is 0.324. The molecule has 0 aliphatic heterocycles. The number of rotatable bonds is 10. The number of fused-ring (bicyclic) bond motifs is 1. The number of carbonyl (C=O) groups is 1. The van der Waals surface area contributed by atoms with Gasteiger partial charge in [-0.3, -0.25) is 9.69 Å². The first-order chi connectivity index (χ1) is 18.1. The van der Waals surface area contributed by atoms with Gasteiger partial charge in [-0.05, 0) is 56.3 Å². The molecule has 0 radical (unpaired) electrons. The van der Waals surface area contributed by atoms with Crippen LogP contribution in [0.15, 0.2) is 41.3 Å². The second-order valence-electron chi connectivity index (χ2n) is 9.55. The van der Waals surface area contributed by atoms with Gasteiger partial charge < -0.3 is 4.90 Å². The number of sulfonamides is 1. The van der Waals surface area contributed by atoms with E-state index in [0.717, 1.165) is 62.6 Å². The second kappa shape index (κ2) is 12.1. The van der Waals surface area contributed by atoms with E-state index in [0.29, 0.717) is 11.2 Å². The molecule has 1 heterocycles. The van der Waals surface area contributed by atoms with Crippen molar-refractivity contribution in [3.05, 3.63) is 53.6 Å². The zero-order chi connectivity index (χ0) is 27.4. The number of likely N-dealkylation sites (N-methyl/N-ethyl adjacent to an activating group) is 1. The molecular weight excluding hydrogens is 530 g/mol. The van der Waals surface area contributed by atoms with Crippen molar-refractivity contribution in [1.29, 1.82) is 0 Å². The molecule has 1 saturated carbocycles. The highest BCUT2D eigenvalue weighted by Crippen LogP contribution is 2.32. The summed E-state index contributed by atoms with van der Waals surface area (Å²) in [5.74, 6) is -1.88. The molecule has 11 heteroatoms. The minimum absolute atomic E-state index is 0.0132. The molecule has 7 nitrogen and oxygen atoms in total. The second-order valence-corrected chi connectivity index (χ2v) is 12.6. The van der Waals surface area contributed by atoms with Crippen LogP contribution in [0.1, 0.15) is 56.3 Å². The Morgan fingerprint density at radius 1 is 1.03 bits per heavy atom. The average Bonchev–Trinajstić information content (AvgIpc) is 3.35. The zero-order valence-corrected chi connectivity index (χ0v) is 23.6. The van der Waals surface area contributed by atoms with Crippen LogP contribution in [0.5, 0.6) is 0 Å². The Morgan fingerprint density at radius 2 is 1.68 bits per heavy atom. The maximum absolute atomic E-state index is 14.4. The molecule has 0 N–H and O–H groups in total. The number of anilines is 1. The van der Waals surface area contributed by atoms with Gasteiger partial charge in [0.05, 0.1) is 9.60 Å². The Hall–Kier alpha value is -2.47. The van der Waals surface area contributed by atoms with Crippen molar-refractivity contribution in [2.75, 3.05) is 38.1 Å². The monoisotopic (exact) mass is 564 g/mol. The van der Waals surface area contributed by atoms with E-state index in [1.54, 1.807) is 7.05 Å². The van der Waals surface area contributed by atoms with Gasteiger partial charge in [-0.25, -0.2) is 22.2 Å². The molecule has 1 aromatic heterocycles. The van der Waals surface area contributed by atoms with E-state index in [9.17, 15) is 22.0 Å². The fourth-order valence-corrected chi connectivity index (χ4v) is 7.30. The van der Waals surface area contributed by atoms with Crippen molar-refractivity contribution in [3.8, 4) is 0 Å². The molecule has 0 unspecified atom stereocenters. The van der Waals surface area contributed by atoms with Gasteiger partial charge in [0.15, 0.2) is 10.9 Å². The number of benzene rings is 2. The zero-order valence-electron chi connectivity index (χ0n) is 22.0. The highest BCUT2D eigenvalue weighted by atomic mass is 32.2. The van der Waals surface area contributed by atoms with E-state index < -0.39 is 21.7 Å². The van der Waals surface area contributed by atoms with E-state index in [1.807, 2.05) is 13.8 Å². The molecule has 1 aliphatic rings. The van der Waals surface area contributed by atoms with Crippen molar-refractivity contribution >= 4 is 42.6 Å². The lowest BCUT2D eigenvalue weighted by molar-refractivity contribution is 0.0983. The van der Waals surface area contributed by atoms with Crippen LogP contribution >= 0.6 is 11.3 Å². The number of amides is 1. The fraction of sp³-hybridized carbons (Fsp3) is 0.481. The van der Waals surface area contributed by atoms with Gasteiger partial charge in [0.25, 0.3) is 5.91 Å². The van der Waals surface area contributed by atoms with Crippen LogP contribution in [0.2, 0.25) is 0 Å². The Labute approximate surface area is 227 Å². The lowest BCUT2D eigenvalue weighted by Gasteiger charge is -2.30. The number of carbonyl (C=O) groups excluding carboxylic acids is 1. The lowest BCUT2D eigenvalue weighted by atomic mass is 9.96. The van der Waals surface area contributed by atoms with Crippen LogP contribution in [-0.2, 0) is 10.0 Å². The average molecular weight is 565 g/mol. The minimum atomic E-state index is -3.69. The number of thiazole rings is 1. The Kier molecular flexibility index (Phi) is 9.12.